The van der Waals surface area contributed by atoms with Gasteiger partial charge in [0.1, 0.15) is 11.8 Å². The first-order valence-corrected chi connectivity index (χ1v) is 10.9. The highest BCUT2D eigenvalue weighted by atomic mass is 32.2. The number of benzene rings is 2. The molecule has 1 aliphatic rings. The lowest BCUT2D eigenvalue weighted by molar-refractivity contribution is -0.122. The molecule has 0 spiro atoms. The fourth-order valence-electron chi connectivity index (χ4n) is 3.04. The number of amides is 1. The molecule has 2 aromatic rings. The van der Waals surface area contributed by atoms with E-state index in [2.05, 4.69) is 13.8 Å². The van der Waals surface area contributed by atoms with Gasteiger partial charge in [-0.3, -0.25) is 9.69 Å². The van der Waals surface area contributed by atoms with E-state index in [0.717, 1.165) is 17.0 Å². The smallest absolute Gasteiger partial charge is 0.266 e. The summed E-state index contributed by atoms with van der Waals surface area (Å²) in [5.74, 6) is 1.93. The second-order valence-electron chi connectivity index (χ2n) is 7.37. The molecule has 8 heteroatoms. The van der Waals surface area contributed by atoms with Gasteiger partial charge in [0.2, 0.25) is 0 Å². The van der Waals surface area contributed by atoms with E-state index in [-0.39, 0.29) is 18.4 Å². The number of nitriles is 1. The van der Waals surface area contributed by atoms with Crippen LogP contribution >= 0.6 is 11.8 Å². The second-order valence-corrected chi connectivity index (χ2v) is 8.38. The van der Waals surface area contributed by atoms with E-state index < -0.39 is 0 Å². The molecule has 0 radical (unpaired) electrons. The van der Waals surface area contributed by atoms with E-state index in [4.69, 9.17) is 24.5 Å². The normalized spacial score (nSPS) is 16.0. The third-order valence-electron chi connectivity index (χ3n) is 4.51. The molecule has 1 fully saturated rings. The highest BCUT2D eigenvalue weighted by molar-refractivity contribution is 8.18. The van der Waals surface area contributed by atoms with E-state index in [9.17, 15) is 4.79 Å². The maximum absolute atomic E-state index is 13.2. The van der Waals surface area contributed by atoms with Crippen molar-refractivity contribution >= 4 is 34.6 Å². The molecule has 0 atom stereocenters. The van der Waals surface area contributed by atoms with Crippen molar-refractivity contribution in [2.75, 3.05) is 27.4 Å². The summed E-state index contributed by atoms with van der Waals surface area (Å²) >= 11 is 1.34. The first kappa shape index (κ1) is 23.2. The molecule has 2 aromatic carbocycles. The van der Waals surface area contributed by atoms with Crippen LogP contribution in [-0.4, -0.2) is 43.3 Å². The van der Waals surface area contributed by atoms with Crippen LogP contribution in [0.3, 0.4) is 0 Å². The zero-order chi connectivity index (χ0) is 23.1. The molecule has 0 bridgehead atoms. The second kappa shape index (κ2) is 10.7. The molecule has 32 heavy (non-hydrogen) atoms. The van der Waals surface area contributed by atoms with Crippen LogP contribution in [0, 0.1) is 17.2 Å². The molecule has 166 valence electrons. The minimum Gasteiger partial charge on any atom is -0.497 e. The van der Waals surface area contributed by atoms with Gasteiger partial charge in [-0.2, -0.15) is 5.26 Å². The van der Waals surface area contributed by atoms with Crippen molar-refractivity contribution in [3.63, 3.8) is 0 Å². The Labute approximate surface area is 192 Å². The summed E-state index contributed by atoms with van der Waals surface area (Å²) in [5, 5.41) is 9.36. The summed E-state index contributed by atoms with van der Waals surface area (Å²) < 4.78 is 15.9. The van der Waals surface area contributed by atoms with Crippen LogP contribution in [0.4, 0.5) is 5.69 Å². The number of amidine groups is 1. The van der Waals surface area contributed by atoms with Crippen LogP contribution in [0.5, 0.6) is 17.2 Å². The number of methoxy groups -OCH3 is 2. The Balaban J connectivity index is 1.91. The van der Waals surface area contributed by atoms with Crippen LogP contribution in [0.25, 0.3) is 6.08 Å². The summed E-state index contributed by atoms with van der Waals surface area (Å²) in [4.78, 5) is 20.1. The standard InChI is InChI=1S/C24H25N3O4S/c1-16(2)15-27-23(28)22(32-24(27)26-18-6-8-19(29-3)9-7-18)14-17-5-10-20(31-12-11-25)21(13-17)30-4/h5-10,13-14,16H,12,15H2,1-4H3/b22-14+,26-24?. The van der Waals surface area contributed by atoms with Gasteiger partial charge in [0.25, 0.3) is 5.91 Å². The molecule has 1 aliphatic heterocycles. The highest BCUT2D eigenvalue weighted by Crippen LogP contribution is 2.36. The van der Waals surface area contributed by atoms with Crippen molar-refractivity contribution in [3.05, 3.63) is 52.9 Å². The van der Waals surface area contributed by atoms with Crippen LogP contribution in [0.2, 0.25) is 0 Å². The van der Waals surface area contributed by atoms with Crippen molar-refractivity contribution in [2.24, 2.45) is 10.9 Å². The SMILES string of the molecule is COc1ccc(N=C2S/C(=C/c3ccc(OCC#N)c(OC)c3)C(=O)N2CC(C)C)cc1. The summed E-state index contributed by atoms with van der Waals surface area (Å²) in [6, 6.07) is 14.7. The third-order valence-corrected chi connectivity index (χ3v) is 5.52. The van der Waals surface area contributed by atoms with Crippen molar-refractivity contribution < 1.29 is 19.0 Å². The van der Waals surface area contributed by atoms with Gasteiger partial charge in [-0.05, 0) is 65.7 Å². The molecular weight excluding hydrogens is 426 g/mol. The molecule has 1 amide bonds. The first-order valence-electron chi connectivity index (χ1n) is 10.1. The van der Waals surface area contributed by atoms with Gasteiger partial charge < -0.3 is 14.2 Å². The molecule has 0 unspecified atom stereocenters. The van der Waals surface area contributed by atoms with E-state index in [1.165, 1.54) is 18.9 Å². The molecule has 1 saturated heterocycles. The summed E-state index contributed by atoms with van der Waals surface area (Å²) in [7, 11) is 3.15. The van der Waals surface area contributed by atoms with Gasteiger partial charge in [0, 0.05) is 6.54 Å². The maximum atomic E-state index is 13.2. The van der Waals surface area contributed by atoms with Gasteiger partial charge in [0.05, 0.1) is 24.8 Å². The largest absolute Gasteiger partial charge is 0.497 e. The number of carbonyl (C=O) groups is 1. The fraction of sp³-hybridized carbons (Fsp3) is 0.292. The average molecular weight is 452 g/mol. The highest BCUT2D eigenvalue weighted by Gasteiger charge is 2.33. The van der Waals surface area contributed by atoms with Gasteiger partial charge in [-0.25, -0.2) is 4.99 Å². The van der Waals surface area contributed by atoms with Crippen molar-refractivity contribution in [1.82, 2.24) is 4.90 Å². The summed E-state index contributed by atoms with van der Waals surface area (Å²) in [6.07, 6.45) is 1.81. The molecule has 1 heterocycles. The minimum atomic E-state index is -0.0836. The monoisotopic (exact) mass is 451 g/mol. The quantitative estimate of drug-likeness (QED) is 0.533. The van der Waals surface area contributed by atoms with E-state index in [1.807, 2.05) is 42.5 Å². The summed E-state index contributed by atoms with van der Waals surface area (Å²) in [6.45, 7) is 4.63. The van der Waals surface area contributed by atoms with E-state index >= 15 is 0 Å². The Hall–Kier alpha value is -3.44. The Morgan fingerprint density at radius 3 is 2.50 bits per heavy atom. The Bertz CT molecular complexity index is 1070. The zero-order valence-corrected chi connectivity index (χ0v) is 19.3. The van der Waals surface area contributed by atoms with Gasteiger partial charge in [-0.15, -0.1) is 0 Å². The average Bonchev–Trinajstić information content (AvgIpc) is 3.06. The Kier molecular flexibility index (Phi) is 7.79. The predicted octanol–water partition coefficient (Wildman–Crippen LogP) is 4.87. The van der Waals surface area contributed by atoms with E-state index in [0.29, 0.717) is 28.1 Å². The predicted molar refractivity (Wildman–Crippen MR) is 126 cm³/mol. The zero-order valence-electron chi connectivity index (χ0n) is 18.5. The van der Waals surface area contributed by atoms with Crippen LogP contribution in [-0.2, 0) is 4.79 Å². The molecule has 0 saturated carbocycles. The third kappa shape index (κ3) is 5.62. The van der Waals surface area contributed by atoms with Gasteiger partial charge in [0.15, 0.2) is 23.3 Å². The number of ether oxygens (including phenoxy) is 3. The summed E-state index contributed by atoms with van der Waals surface area (Å²) in [5.41, 5.74) is 1.54. The lowest BCUT2D eigenvalue weighted by atomic mass is 10.1. The van der Waals surface area contributed by atoms with Crippen LogP contribution < -0.4 is 14.2 Å². The molecule has 3 rings (SSSR count). The Morgan fingerprint density at radius 1 is 1.12 bits per heavy atom. The number of rotatable bonds is 8. The molecular formula is C24H25N3O4S. The number of thioether (sulfide) groups is 1. The number of hydrogen-bond donors (Lipinski definition) is 0. The lowest BCUT2D eigenvalue weighted by Gasteiger charge is -2.17. The molecule has 0 aliphatic carbocycles. The van der Waals surface area contributed by atoms with Gasteiger partial charge >= 0.3 is 0 Å². The number of carbonyl (C=O) groups excluding carboxylic acids is 1. The maximum Gasteiger partial charge on any atom is 0.266 e. The van der Waals surface area contributed by atoms with Crippen molar-refractivity contribution in [3.8, 4) is 23.3 Å². The topological polar surface area (TPSA) is 84.1 Å². The number of hydrogen-bond acceptors (Lipinski definition) is 7. The van der Waals surface area contributed by atoms with Crippen LogP contribution in [0.1, 0.15) is 19.4 Å². The van der Waals surface area contributed by atoms with Crippen molar-refractivity contribution in [1.29, 1.82) is 5.26 Å². The Morgan fingerprint density at radius 2 is 1.88 bits per heavy atom. The van der Waals surface area contributed by atoms with E-state index in [1.54, 1.807) is 24.1 Å². The first-order chi connectivity index (χ1) is 15.4. The molecule has 0 N–H and O–H groups in total. The van der Waals surface area contributed by atoms with Gasteiger partial charge in [-0.1, -0.05) is 19.9 Å². The fourth-order valence-corrected chi connectivity index (χ4v) is 4.05. The molecule has 0 aromatic heterocycles. The number of nitrogens with zero attached hydrogens (tertiary/aromatic N) is 3. The number of aliphatic imine (C=N–C) groups is 1. The molecule has 7 nitrogen and oxygen atoms in total. The minimum absolute atomic E-state index is 0.0690. The van der Waals surface area contributed by atoms with Crippen molar-refractivity contribution in [2.45, 2.75) is 13.8 Å². The lowest BCUT2D eigenvalue weighted by Crippen LogP contribution is -2.32. The van der Waals surface area contributed by atoms with Crippen LogP contribution in [0.15, 0.2) is 52.4 Å².